The monoisotopic (exact) mass is 460 g/mol. The Hall–Kier alpha value is -3.88. The Morgan fingerprint density at radius 2 is 1.56 bits per heavy atom. The second-order valence-corrected chi connectivity index (χ2v) is 9.51. The van der Waals surface area contributed by atoms with Crippen LogP contribution >= 0.6 is 0 Å². The van der Waals surface area contributed by atoms with Crippen molar-refractivity contribution >= 4 is 34.7 Å². The first-order valence-corrected chi connectivity index (χ1v) is 11.1. The maximum atomic E-state index is 13.0. The van der Waals surface area contributed by atoms with Crippen molar-refractivity contribution in [3.63, 3.8) is 0 Å². The van der Waals surface area contributed by atoms with Crippen molar-refractivity contribution in [2.45, 2.75) is 52.1 Å². The molecule has 2 aliphatic heterocycles. The molecule has 0 saturated carbocycles. The van der Waals surface area contributed by atoms with Gasteiger partial charge in [-0.05, 0) is 61.2 Å². The molecule has 2 aromatic carbocycles. The summed E-state index contributed by atoms with van der Waals surface area (Å²) in [5.41, 5.74) is 4.23. The molecule has 176 valence electrons. The summed E-state index contributed by atoms with van der Waals surface area (Å²) in [6.07, 6.45) is 0. The van der Waals surface area contributed by atoms with Gasteiger partial charge in [-0.25, -0.2) is 4.79 Å². The molecule has 34 heavy (non-hydrogen) atoms. The first kappa shape index (κ1) is 23.3. The molecule has 9 heteroatoms. The number of aromatic carboxylic acids is 1. The molecule has 4 rings (SSSR count). The molecule has 0 fully saturated rings. The van der Waals surface area contributed by atoms with Crippen LogP contribution in [0.5, 0.6) is 0 Å². The molecule has 1 N–H and O–H groups in total. The van der Waals surface area contributed by atoms with Gasteiger partial charge in [0.15, 0.2) is 6.04 Å². The normalized spacial score (nSPS) is 20.8. The number of carboxylic acids is 1. The fourth-order valence-corrected chi connectivity index (χ4v) is 3.78. The predicted octanol–water partition coefficient (Wildman–Crippen LogP) is 4.49. The lowest BCUT2D eigenvalue weighted by Gasteiger charge is -2.20. The number of carbonyl (C=O) groups excluding carboxylic acids is 1. The van der Waals surface area contributed by atoms with E-state index in [-0.39, 0.29) is 22.9 Å². The number of nitrogens with zero attached hydrogens (tertiary/aromatic N) is 6. The average molecular weight is 461 g/mol. The Morgan fingerprint density at radius 3 is 2.15 bits per heavy atom. The van der Waals surface area contributed by atoms with Gasteiger partial charge in [-0.3, -0.25) is 9.80 Å². The smallest absolute Gasteiger partial charge is 0.335 e. The summed E-state index contributed by atoms with van der Waals surface area (Å²) in [5, 5.41) is 29.9. The largest absolute Gasteiger partial charge is 0.478 e. The zero-order chi connectivity index (χ0) is 24.6. The number of rotatable bonds is 5. The van der Waals surface area contributed by atoms with Crippen LogP contribution in [0.1, 0.15) is 50.5 Å². The van der Waals surface area contributed by atoms with Crippen LogP contribution in [0.15, 0.2) is 69.0 Å². The van der Waals surface area contributed by atoms with Crippen LogP contribution in [0, 0.1) is 0 Å². The van der Waals surface area contributed by atoms with E-state index in [0.717, 1.165) is 11.4 Å². The maximum absolute atomic E-state index is 13.0. The van der Waals surface area contributed by atoms with Crippen molar-refractivity contribution < 1.29 is 14.7 Å². The van der Waals surface area contributed by atoms with Gasteiger partial charge in [0.1, 0.15) is 6.04 Å². The molecule has 2 aliphatic rings. The maximum Gasteiger partial charge on any atom is 0.335 e. The fourth-order valence-electron chi connectivity index (χ4n) is 3.78. The molecule has 0 spiro atoms. The first-order valence-electron chi connectivity index (χ1n) is 11.1. The third-order valence-electron chi connectivity index (χ3n) is 5.91. The van der Waals surface area contributed by atoms with Gasteiger partial charge in [-0.1, -0.05) is 32.9 Å². The van der Waals surface area contributed by atoms with Gasteiger partial charge in [-0.2, -0.15) is 25.4 Å². The van der Waals surface area contributed by atoms with E-state index < -0.39 is 12.0 Å². The van der Waals surface area contributed by atoms with E-state index in [1.165, 1.54) is 22.7 Å². The Balaban J connectivity index is 1.44. The number of benzene rings is 2. The molecule has 2 heterocycles. The number of amides is 1. The molecule has 0 radical (unpaired) electrons. The minimum atomic E-state index is -0.975. The number of hydrazone groups is 2. The lowest BCUT2D eigenvalue weighted by molar-refractivity contribution is -0.117. The van der Waals surface area contributed by atoms with Crippen molar-refractivity contribution in [1.82, 2.24) is 0 Å². The van der Waals surface area contributed by atoms with Crippen LogP contribution in [0.2, 0.25) is 0 Å². The molecule has 2 unspecified atom stereocenters. The summed E-state index contributed by atoms with van der Waals surface area (Å²) in [7, 11) is 0. The molecule has 1 amide bonds. The van der Waals surface area contributed by atoms with Crippen LogP contribution in [-0.4, -0.2) is 47.0 Å². The highest BCUT2D eigenvalue weighted by atomic mass is 16.4. The highest BCUT2D eigenvalue weighted by Crippen LogP contribution is 2.28. The van der Waals surface area contributed by atoms with Crippen molar-refractivity contribution in [3.05, 3.63) is 59.7 Å². The molecule has 2 atom stereocenters. The molecule has 0 aromatic heterocycles. The third-order valence-corrected chi connectivity index (χ3v) is 5.91. The number of hydrogen-bond donors (Lipinski definition) is 1. The second kappa shape index (κ2) is 8.81. The minimum absolute atomic E-state index is 0.0242. The predicted molar refractivity (Wildman–Crippen MR) is 132 cm³/mol. The van der Waals surface area contributed by atoms with E-state index in [9.17, 15) is 9.59 Å². The van der Waals surface area contributed by atoms with E-state index in [1.54, 1.807) is 24.1 Å². The van der Waals surface area contributed by atoms with Gasteiger partial charge in [-0.15, -0.1) is 0 Å². The Morgan fingerprint density at radius 1 is 0.941 bits per heavy atom. The summed E-state index contributed by atoms with van der Waals surface area (Å²) in [6.45, 7) is 10.5. The van der Waals surface area contributed by atoms with Gasteiger partial charge < -0.3 is 5.11 Å². The highest BCUT2D eigenvalue weighted by molar-refractivity contribution is 6.18. The molecule has 2 aromatic rings. The number of hydrogen-bond acceptors (Lipinski definition) is 7. The van der Waals surface area contributed by atoms with Crippen molar-refractivity contribution in [2.75, 3.05) is 16.6 Å². The molecular formula is C25H28N6O3. The SMILES string of the molecule is CC1=NN(c2ccc(C(=O)O)cc2)CC1N=NC1C(=O)N(c2ccc(C(C)(C)C)cc2)N=C1C. The van der Waals surface area contributed by atoms with Gasteiger partial charge in [0.25, 0.3) is 5.91 Å². The summed E-state index contributed by atoms with van der Waals surface area (Å²) < 4.78 is 0. The van der Waals surface area contributed by atoms with Gasteiger partial charge in [0.2, 0.25) is 0 Å². The minimum Gasteiger partial charge on any atom is -0.478 e. The molecule has 0 saturated heterocycles. The highest BCUT2D eigenvalue weighted by Gasteiger charge is 2.35. The summed E-state index contributed by atoms with van der Waals surface area (Å²) in [4.78, 5) is 24.1. The van der Waals surface area contributed by atoms with Gasteiger partial charge >= 0.3 is 5.97 Å². The van der Waals surface area contributed by atoms with E-state index in [1.807, 2.05) is 31.2 Å². The standard InChI is InChI=1S/C25H28N6O3/c1-15-21(14-30(28-15)19-10-6-17(7-11-19)24(33)34)26-27-22-16(2)29-31(23(22)32)20-12-8-18(9-13-20)25(3,4)5/h6-13,21-22H,14H2,1-5H3,(H,33,34). The van der Waals surface area contributed by atoms with Crippen molar-refractivity contribution in [1.29, 1.82) is 0 Å². The number of carbonyl (C=O) groups is 2. The van der Waals surface area contributed by atoms with E-state index in [0.29, 0.717) is 17.9 Å². The summed E-state index contributed by atoms with van der Waals surface area (Å²) >= 11 is 0. The Labute approximate surface area is 198 Å². The number of carboxylic acid groups (broad SMARTS) is 1. The van der Waals surface area contributed by atoms with E-state index >= 15 is 0 Å². The number of azo groups is 1. The average Bonchev–Trinajstić information content (AvgIpc) is 3.30. The fraction of sp³-hybridized carbons (Fsp3) is 0.360. The van der Waals surface area contributed by atoms with E-state index in [2.05, 4.69) is 41.2 Å². The van der Waals surface area contributed by atoms with Crippen LogP contribution in [0.25, 0.3) is 0 Å². The first-order chi connectivity index (χ1) is 16.0. The molecule has 9 nitrogen and oxygen atoms in total. The molecular weight excluding hydrogens is 432 g/mol. The third kappa shape index (κ3) is 4.59. The Kier molecular flexibility index (Phi) is 6.03. The lowest BCUT2D eigenvalue weighted by atomic mass is 9.87. The van der Waals surface area contributed by atoms with Crippen LogP contribution in [0.3, 0.4) is 0 Å². The van der Waals surface area contributed by atoms with Crippen LogP contribution < -0.4 is 10.0 Å². The zero-order valence-electron chi connectivity index (χ0n) is 19.9. The topological polar surface area (TPSA) is 110 Å². The van der Waals surface area contributed by atoms with Crippen molar-refractivity contribution in [3.8, 4) is 0 Å². The second-order valence-electron chi connectivity index (χ2n) is 9.51. The lowest BCUT2D eigenvalue weighted by Crippen LogP contribution is -2.30. The van der Waals surface area contributed by atoms with Crippen LogP contribution in [-0.2, 0) is 10.2 Å². The molecule has 0 bridgehead atoms. The van der Waals surface area contributed by atoms with E-state index in [4.69, 9.17) is 5.11 Å². The molecule has 0 aliphatic carbocycles. The Bertz CT molecular complexity index is 1190. The number of anilines is 2. The zero-order valence-corrected chi connectivity index (χ0v) is 19.9. The summed E-state index contributed by atoms with van der Waals surface area (Å²) in [5.74, 6) is -1.21. The quantitative estimate of drug-likeness (QED) is 0.663. The summed E-state index contributed by atoms with van der Waals surface area (Å²) in [6, 6.07) is 13.2. The van der Waals surface area contributed by atoms with Crippen LogP contribution in [0.4, 0.5) is 11.4 Å². The van der Waals surface area contributed by atoms with Gasteiger partial charge in [0, 0.05) is 0 Å². The van der Waals surface area contributed by atoms with Gasteiger partial charge in [0.05, 0.1) is 34.9 Å². The van der Waals surface area contributed by atoms with Crippen molar-refractivity contribution in [2.24, 2.45) is 20.4 Å².